The fraction of sp³-hybridized carbons (Fsp3) is 0.478. The summed E-state index contributed by atoms with van der Waals surface area (Å²) in [5, 5.41) is 3.00. The molecule has 2 aliphatic heterocycles. The van der Waals surface area contributed by atoms with Gasteiger partial charge in [-0.1, -0.05) is 12.1 Å². The Hall–Kier alpha value is -2.49. The number of piperidine rings is 1. The van der Waals surface area contributed by atoms with Crippen LogP contribution in [0.5, 0.6) is 0 Å². The van der Waals surface area contributed by atoms with Crippen molar-refractivity contribution in [3.05, 3.63) is 48.2 Å². The van der Waals surface area contributed by atoms with Gasteiger partial charge < -0.3 is 15.0 Å². The second kappa shape index (κ2) is 10.4. The number of hydrogen-bond donors (Lipinski definition) is 1. The van der Waals surface area contributed by atoms with Gasteiger partial charge in [-0.2, -0.15) is 4.31 Å². The number of ether oxygens (including phenoxy) is 1. The van der Waals surface area contributed by atoms with Gasteiger partial charge in [-0.25, -0.2) is 13.4 Å². The van der Waals surface area contributed by atoms with Gasteiger partial charge in [0.2, 0.25) is 15.9 Å². The summed E-state index contributed by atoms with van der Waals surface area (Å²) in [7, 11) is -3.50. The fourth-order valence-electron chi connectivity index (χ4n) is 4.09. The minimum absolute atomic E-state index is 0.0822. The number of anilines is 2. The van der Waals surface area contributed by atoms with Crippen LogP contribution in [0.25, 0.3) is 0 Å². The second-order valence-electron chi connectivity index (χ2n) is 8.13. The molecule has 0 radical (unpaired) electrons. The van der Waals surface area contributed by atoms with E-state index in [0.717, 1.165) is 43.0 Å². The molecule has 1 aromatic carbocycles. The van der Waals surface area contributed by atoms with Crippen molar-refractivity contribution in [3.8, 4) is 0 Å². The van der Waals surface area contributed by atoms with Crippen LogP contribution in [0.15, 0.2) is 47.5 Å². The first kappa shape index (κ1) is 22.7. The molecule has 2 saturated heterocycles. The zero-order chi connectivity index (χ0) is 22.4. The van der Waals surface area contributed by atoms with E-state index < -0.39 is 10.0 Å². The maximum absolute atomic E-state index is 12.7. The largest absolute Gasteiger partial charge is 0.379 e. The van der Waals surface area contributed by atoms with Crippen molar-refractivity contribution in [3.63, 3.8) is 0 Å². The summed E-state index contributed by atoms with van der Waals surface area (Å²) in [6, 6.07) is 10.5. The quantitative estimate of drug-likeness (QED) is 0.686. The summed E-state index contributed by atoms with van der Waals surface area (Å²) in [6.45, 7) is 3.50. The number of carbonyl (C=O) groups is 1. The molecule has 0 atom stereocenters. The van der Waals surface area contributed by atoms with Crippen molar-refractivity contribution in [2.75, 3.05) is 49.6 Å². The predicted octanol–water partition coefficient (Wildman–Crippen LogP) is 2.66. The Kier molecular flexibility index (Phi) is 7.39. The number of hydrogen-bond acceptors (Lipinski definition) is 6. The number of nitrogens with one attached hydrogen (secondary N) is 1. The first-order chi connectivity index (χ1) is 15.5. The maximum Gasteiger partial charge on any atom is 0.243 e. The fourth-order valence-corrected chi connectivity index (χ4v) is 5.49. The van der Waals surface area contributed by atoms with Crippen molar-refractivity contribution in [2.45, 2.75) is 37.0 Å². The van der Waals surface area contributed by atoms with Crippen LogP contribution in [0.3, 0.4) is 0 Å². The Balaban J connectivity index is 1.34. The van der Waals surface area contributed by atoms with Crippen LogP contribution in [0.2, 0.25) is 0 Å². The topological polar surface area (TPSA) is 91.8 Å². The third kappa shape index (κ3) is 5.46. The number of nitrogens with zero attached hydrogens (tertiary/aromatic N) is 3. The van der Waals surface area contributed by atoms with E-state index in [1.807, 2.05) is 12.1 Å². The molecule has 0 saturated carbocycles. The van der Waals surface area contributed by atoms with Crippen LogP contribution in [0, 0.1) is 0 Å². The van der Waals surface area contributed by atoms with E-state index in [0.29, 0.717) is 39.1 Å². The number of pyridine rings is 1. The Bertz CT molecular complexity index is 1010. The molecule has 8 nitrogen and oxygen atoms in total. The Morgan fingerprint density at radius 3 is 2.44 bits per heavy atom. The van der Waals surface area contributed by atoms with Crippen LogP contribution in [0.4, 0.5) is 11.5 Å². The van der Waals surface area contributed by atoms with Crippen LogP contribution in [0.1, 0.15) is 31.2 Å². The van der Waals surface area contributed by atoms with E-state index in [-0.39, 0.29) is 10.8 Å². The molecule has 2 fully saturated rings. The molecule has 0 spiro atoms. The van der Waals surface area contributed by atoms with Gasteiger partial charge in [0.25, 0.3) is 0 Å². The van der Waals surface area contributed by atoms with Crippen LogP contribution in [-0.4, -0.2) is 63.0 Å². The molecule has 172 valence electrons. The number of aromatic nitrogens is 1. The minimum atomic E-state index is -3.50. The van der Waals surface area contributed by atoms with Gasteiger partial charge in [0, 0.05) is 38.8 Å². The van der Waals surface area contributed by atoms with Crippen molar-refractivity contribution in [2.24, 2.45) is 0 Å². The standard InChI is InChI=1S/C23H30N4O4S/c28-22(25-21-5-4-12-24-23(21)26-13-2-1-3-14-26)11-8-19-6-9-20(10-7-19)32(29,30)27-15-17-31-18-16-27/h4-7,9-10,12H,1-3,8,11,13-18H2,(H,25,28). The van der Waals surface area contributed by atoms with Gasteiger partial charge in [0.05, 0.1) is 23.8 Å². The monoisotopic (exact) mass is 458 g/mol. The highest BCUT2D eigenvalue weighted by molar-refractivity contribution is 7.89. The first-order valence-corrected chi connectivity index (χ1v) is 12.6. The molecule has 4 rings (SSSR count). The molecule has 0 unspecified atom stereocenters. The summed E-state index contributed by atoms with van der Waals surface area (Å²) >= 11 is 0. The van der Waals surface area contributed by atoms with Crippen LogP contribution < -0.4 is 10.2 Å². The summed E-state index contributed by atoms with van der Waals surface area (Å²) in [6.07, 6.45) is 6.11. The number of amides is 1. The zero-order valence-electron chi connectivity index (χ0n) is 18.2. The molecule has 0 bridgehead atoms. The number of aryl methyl sites for hydroxylation is 1. The average Bonchev–Trinajstić information content (AvgIpc) is 2.84. The molecule has 3 heterocycles. The average molecular weight is 459 g/mol. The summed E-state index contributed by atoms with van der Waals surface area (Å²) in [4.78, 5) is 19.6. The molecule has 9 heteroatoms. The predicted molar refractivity (Wildman–Crippen MR) is 123 cm³/mol. The highest BCUT2D eigenvalue weighted by Gasteiger charge is 2.26. The van der Waals surface area contributed by atoms with Crippen molar-refractivity contribution in [1.82, 2.24) is 9.29 Å². The molecule has 1 amide bonds. The highest BCUT2D eigenvalue weighted by atomic mass is 32.2. The molecular formula is C23H30N4O4S. The molecule has 32 heavy (non-hydrogen) atoms. The van der Waals surface area contributed by atoms with E-state index in [1.54, 1.807) is 30.5 Å². The van der Waals surface area contributed by atoms with Crippen LogP contribution >= 0.6 is 0 Å². The lowest BCUT2D eigenvalue weighted by atomic mass is 10.1. The molecule has 2 aromatic rings. The van der Waals surface area contributed by atoms with Crippen molar-refractivity contribution in [1.29, 1.82) is 0 Å². The van der Waals surface area contributed by atoms with Gasteiger partial charge in [-0.3, -0.25) is 4.79 Å². The van der Waals surface area contributed by atoms with Crippen LogP contribution in [-0.2, 0) is 26.0 Å². The van der Waals surface area contributed by atoms with E-state index in [2.05, 4.69) is 15.2 Å². The molecule has 0 aliphatic carbocycles. The van der Waals surface area contributed by atoms with Crippen molar-refractivity contribution < 1.29 is 17.9 Å². The number of rotatable bonds is 7. The summed E-state index contributed by atoms with van der Waals surface area (Å²) in [5.74, 6) is 0.750. The molecular weight excluding hydrogens is 428 g/mol. The Morgan fingerprint density at radius 2 is 1.72 bits per heavy atom. The third-order valence-electron chi connectivity index (χ3n) is 5.89. The van der Waals surface area contributed by atoms with Gasteiger partial charge >= 0.3 is 0 Å². The van der Waals surface area contributed by atoms with Gasteiger partial charge in [-0.15, -0.1) is 0 Å². The Labute approximate surface area is 189 Å². The lowest BCUT2D eigenvalue weighted by Crippen LogP contribution is -2.40. The smallest absolute Gasteiger partial charge is 0.243 e. The maximum atomic E-state index is 12.7. The summed E-state index contributed by atoms with van der Waals surface area (Å²) in [5.41, 5.74) is 1.66. The molecule has 1 N–H and O–H groups in total. The SMILES string of the molecule is O=C(CCc1ccc(S(=O)(=O)N2CCOCC2)cc1)Nc1cccnc1N1CCCCC1. The summed E-state index contributed by atoms with van der Waals surface area (Å²) < 4.78 is 32.1. The van der Waals surface area contributed by atoms with E-state index in [1.165, 1.54) is 10.7 Å². The number of sulfonamides is 1. The van der Waals surface area contributed by atoms with Gasteiger partial charge in [0.15, 0.2) is 5.82 Å². The molecule has 2 aliphatic rings. The lowest BCUT2D eigenvalue weighted by molar-refractivity contribution is -0.116. The first-order valence-electron chi connectivity index (χ1n) is 11.2. The Morgan fingerprint density at radius 1 is 1.00 bits per heavy atom. The van der Waals surface area contributed by atoms with E-state index in [4.69, 9.17) is 4.74 Å². The van der Waals surface area contributed by atoms with Gasteiger partial charge in [0.1, 0.15) is 0 Å². The normalized spacial score (nSPS) is 17.8. The minimum Gasteiger partial charge on any atom is -0.379 e. The number of morpholine rings is 1. The highest BCUT2D eigenvalue weighted by Crippen LogP contribution is 2.26. The third-order valence-corrected chi connectivity index (χ3v) is 7.80. The molecule has 1 aromatic heterocycles. The van der Waals surface area contributed by atoms with Gasteiger partial charge in [-0.05, 0) is 55.5 Å². The number of carbonyl (C=O) groups excluding carboxylic acids is 1. The van der Waals surface area contributed by atoms with E-state index >= 15 is 0 Å². The second-order valence-corrected chi connectivity index (χ2v) is 10.1. The zero-order valence-corrected chi connectivity index (χ0v) is 19.0. The van der Waals surface area contributed by atoms with Crippen molar-refractivity contribution >= 4 is 27.4 Å². The van der Waals surface area contributed by atoms with E-state index in [9.17, 15) is 13.2 Å². The number of benzene rings is 1. The lowest BCUT2D eigenvalue weighted by Gasteiger charge is -2.29.